The third kappa shape index (κ3) is 3.20. The van der Waals surface area contributed by atoms with Crippen LogP contribution in [0.1, 0.15) is 22.8 Å². The Bertz CT molecular complexity index is 561. The van der Waals surface area contributed by atoms with Gasteiger partial charge in [0.15, 0.2) is 0 Å². The van der Waals surface area contributed by atoms with Crippen molar-refractivity contribution in [1.82, 2.24) is 15.1 Å². The van der Waals surface area contributed by atoms with Crippen molar-refractivity contribution in [2.75, 3.05) is 6.54 Å². The average molecular weight is 259 g/mol. The average Bonchev–Trinajstić information content (AvgIpc) is 2.84. The van der Waals surface area contributed by atoms with E-state index in [0.717, 1.165) is 5.56 Å². The topological polar surface area (TPSA) is 67.2 Å². The van der Waals surface area contributed by atoms with Crippen LogP contribution >= 0.6 is 0 Å². The summed E-state index contributed by atoms with van der Waals surface area (Å²) in [5.41, 5.74) is 0.145. The van der Waals surface area contributed by atoms with Gasteiger partial charge in [-0.1, -0.05) is 30.3 Å². The molecule has 19 heavy (non-hydrogen) atoms. The zero-order chi connectivity index (χ0) is 13.9. The summed E-state index contributed by atoms with van der Waals surface area (Å²) in [6, 6.07) is 9.25. The second-order valence-corrected chi connectivity index (χ2v) is 4.73. The van der Waals surface area contributed by atoms with Crippen molar-refractivity contribution in [3.8, 4) is 0 Å². The fourth-order valence-corrected chi connectivity index (χ4v) is 1.79. The van der Waals surface area contributed by atoms with Crippen LogP contribution in [0.4, 0.5) is 0 Å². The molecule has 2 aromatic rings. The summed E-state index contributed by atoms with van der Waals surface area (Å²) in [5.74, 6) is -0.246. The Morgan fingerprint density at radius 2 is 2.11 bits per heavy atom. The van der Waals surface area contributed by atoms with Crippen LogP contribution < -0.4 is 5.32 Å². The number of benzene rings is 1. The molecule has 0 bridgehead atoms. The summed E-state index contributed by atoms with van der Waals surface area (Å²) in [6.45, 7) is 1.82. The van der Waals surface area contributed by atoms with Gasteiger partial charge in [0, 0.05) is 13.2 Å². The van der Waals surface area contributed by atoms with E-state index < -0.39 is 5.60 Å². The van der Waals surface area contributed by atoms with Crippen molar-refractivity contribution < 1.29 is 9.90 Å². The molecule has 0 saturated carbocycles. The van der Waals surface area contributed by atoms with E-state index in [1.165, 1.54) is 6.20 Å². The minimum atomic E-state index is -1.10. The van der Waals surface area contributed by atoms with Gasteiger partial charge < -0.3 is 10.4 Å². The summed E-state index contributed by atoms with van der Waals surface area (Å²) < 4.78 is 1.56. The van der Waals surface area contributed by atoms with Gasteiger partial charge in [0.2, 0.25) is 0 Å². The second kappa shape index (κ2) is 5.24. The molecule has 1 aromatic heterocycles. The number of hydrogen-bond donors (Lipinski definition) is 2. The van der Waals surface area contributed by atoms with E-state index in [1.807, 2.05) is 30.3 Å². The molecule has 1 atom stereocenters. The van der Waals surface area contributed by atoms with Gasteiger partial charge in [-0.15, -0.1) is 0 Å². The lowest BCUT2D eigenvalue weighted by Crippen LogP contribution is -2.38. The first-order chi connectivity index (χ1) is 8.99. The van der Waals surface area contributed by atoms with Gasteiger partial charge in [-0.05, 0) is 12.5 Å². The maximum Gasteiger partial charge on any atom is 0.254 e. The maximum atomic E-state index is 11.9. The molecule has 0 spiro atoms. The first-order valence-corrected chi connectivity index (χ1v) is 6.04. The highest BCUT2D eigenvalue weighted by atomic mass is 16.3. The van der Waals surface area contributed by atoms with E-state index in [0.29, 0.717) is 5.56 Å². The Balaban J connectivity index is 2.00. The Labute approximate surface area is 111 Å². The molecule has 2 N–H and O–H groups in total. The lowest BCUT2D eigenvalue weighted by molar-refractivity contribution is 0.0526. The molecule has 2 rings (SSSR count). The summed E-state index contributed by atoms with van der Waals surface area (Å²) in [5, 5.41) is 17.0. The second-order valence-electron chi connectivity index (χ2n) is 4.73. The number of aromatic nitrogens is 2. The summed E-state index contributed by atoms with van der Waals surface area (Å²) >= 11 is 0. The molecular formula is C14H17N3O2. The van der Waals surface area contributed by atoms with Gasteiger partial charge in [-0.2, -0.15) is 5.10 Å². The van der Waals surface area contributed by atoms with Crippen LogP contribution in [0.3, 0.4) is 0 Å². The summed E-state index contributed by atoms with van der Waals surface area (Å²) in [7, 11) is 1.75. The zero-order valence-corrected chi connectivity index (χ0v) is 11.0. The fourth-order valence-electron chi connectivity index (χ4n) is 1.79. The fraction of sp³-hybridized carbons (Fsp3) is 0.286. The SMILES string of the molecule is Cn1cc(C(=O)NCC(C)(O)c2ccccc2)cn1. The molecule has 5 heteroatoms. The van der Waals surface area contributed by atoms with Crippen molar-refractivity contribution in [1.29, 1.82) is 0 Å². The Hall–Kier alpha value is -2.14. The number of hydrogen-bond acceptors (Lipinski definition) is 3. The smallest absolute Gasteiger partial charge is 0.254 e. The van der Waals surface area contributed by atoms with E-state index in [-0.39, 0.29) is 12.5 Å². The quantitative estimate of drug-likeness (QED) is 0.862. The maximum absolute atomic E-state index is 11.9. The minimum Gasteiger partial charge on any atom is -0.384 e. The summed E-state index contributed by atoms with van der Waals surface area (Å²) in [4.78, 5) is 11.9. The Morgan fingerprint density at radius 3 is 2.68 bits per heavy atom. The largest absolute Gasteiger partial charge is 0.384 e. The number of aliphatic hydroxyl groups is 1. The zero-order valence-electron chi connectivity index (χ0n) is 11.0. The molecule has 1 aromatic carbocycles. The third-order valence-corrected chi connectivity index (χ3v) is 2.96. The number of amides is 1. The first kappa shape index (κ1) is 13.3. The van der Waals surface area contributed by atoms with E-state index in [4.69, 9.17) is 0 Å². The van der Waals surface area contributed by atoms with E-state index >= 15 is 0 Å². The molecule has 0 radical (unpaired) electrons. The van der Waals surface area contributed by atoms with Gasteiger partial charge in [0.05, 0.1) is 18.3 Å². The van der Waals surface area contributed by atoms with Gasteiger partial charge >= 0.3 is 0 Å². The normalized spacial score (nSPS) is 13.8. The predicted octanol–water partition coefficient (Wildman–Crippen LogP) is 1.06. The van der Waals surface area contributed by atoms with Gasteiger partial charge in [-0.3, -0.25) is 9.48 Å². The highest BCUT2D eigenvalue weighted by molar-refractivity contribution is 5.93. The van der Waals surface area contributed by atoms with Gasteiger partial charge in [0.1, 0.15) is 5.60 Å². The van der Waals surface area contributed by atoms with Gasteiger partial charge in [0.25, 0.3) is 5.91 Å². The summed E-state index contributed by atoms with van der Waals surface area (Å²) in [6.07, 6.45) is 3.12. The molecule has 0 aliphatic heterocycles. The third-order valence-electron chi connectivity index (χ3n) is 2.96. The van der Waals surface area contributed by atoms with Crippen LogP contribution in [0.5, 0.6) is 0 Å². The molecule has 5 nitrogen and oxygen atoms in total. The molecule has 0 saturated heterocycles. The van der Waals surface area contributed by atoms with E-state index in [2.05, 4.69) is 10.4 Å². The molecule has 1 unspecified atom stereocenters. The van der Waals surface area contributed by atoms with Crippen LogP contribution in [0.25, 0.3) is 0 Å². The van der Waals surface area contributed by atoms with Crippen molar-refractivity contribution in [2.24, 2.45) is 7.05 Å². The number of nitrogens with zero attached hydrogens (tertiary/aromatic N) is 2. The Morgan fingerprint density at radius 1 is 1.42 bits per heavy atom. The van der Waals surface area contributed by atoms with Crippen LogP contribution in [-0.2, 0) is 12.6 Å². The van der Waals surface area contributed by atoms with Crippen LogP contribution in [-0.4, -0.2) is 27.3 Å². The Kier molecular flexibility index (Phi) is 3.66. The van der Waals surface area contributed by atoms with E-state index in [9.17, 15) is 9.90 Å². The lowest BCUT2D eigenvalue weighted by atomic mass is 9.96. The molecule has 1 amide bonds. The minimum absolute atomic E-state index is 0.144. The standard InChI is InChI=1S/C14H17N3O2/c1-14(19,12-6-4-3-5-7-12)10-15-13(18)11-8-16-17(2)9-11/h3-9,19H,10H2,1-2H3,(H,15,18). The molecule has 1 heterocycles. The van der Waals surface area contributed by atoms with E-state index in [1.54, 1.807) is 24.9 Å². The van der Waals surface area contributed by atoms with Crippen molar-refractivity contribution in [3.05, 3.63) is 53.9 Å². The monoisotopic (exact) mass is 259 g/mol. The highest BCUT2D eigenvalue weighted by Gasteiger charge is 2.23. The first-order valence-electron chi connectivity index (χ1n) is 6.04. The van der Waals surface area contributed by atoms with Crippen LogP contribution in [0.15, 0.2) is 42.7 Å². The lowest BCUT2D eigenvalue weighted by Gasteiger charge is -2.24. The molecule has 0 fully saturated rings. The van der Waals surface area contributed by atoms with Crippen LogP contribution in [0, 0.1) is 0 Å². The molecule has 0 aliphatic carbocycles. The van der Waals surface area contributed by atoms with Crippen molar-refractivity contribution in [2.45, 2.75) is 12.5 Å². The van der Waals surface area contributed by atoms with Crippen molar-refractivity contribution in [3.63, 3.8) is 0 Å². The van der Waals surface area contributed by atoms with Crippen molar-refractivity contribution >= 4 is 5.91 Å². The number of aryl methyl sites for hydroxylation is 1. The van der Waals surface area contributed by atoms with Gasteiger partial charge in [-0.25, -0.2) is 0 Å². The number of rotatable bonds is 4. The van der Waals surface area contributed by atoms with Crippen LogP contribution in [0.2, 0.25) is 0 Å². The highest BCUT2D eigenvalue weighted by Crippen LogP contribution is 2.19. The molecule has 0 aliphatic rings. The molecule has 100 valence electrons. The predicted molar refractivity (Wildman–Crippen MR) is 71.6 cm³/mol. The molecular weight excluding hydrogens is 242 g/mol. The number of carbonyl (C=O) groups excluding carboxylic acids is 1. The number of carbonyl (C=O) groups is 1. The number of nitrogens with one attached hydrogen (secondary N) is 1.